The monoisotopic (exact) mass is 502 g/mol. The molecule has 0 bridgehead atoms. The number of aliphatic hydroxyl groups is 3. The Bertz CT molecular complexity index is 1090. The van der Waals surface area contributed by atoms with E-state index in [1.807, 2.05) is 13.8 Å². The molecule has 3 saturated heterocycles. The van der Waals surface area contributed by atoms with E-state index >= 15 is 0 Å². The van der Waals surface area contributed by atoms with Crippen LogP contribution in [0.4, 0.5) is 0 Å². The van der Waals surface area contributed by atoms with E-state index in [1.165, 1.54) is 6.08 Å². The summed E-state index contributed by atoms with van der Waals surface area (Å²) in [4.78, 5) is 25.9. The van der Waals surface area contributed by atoms with Crippen molar-refractivity contribution in [1.29, 1.82) is 0 Å². The molecule has 4 aliphatic carbocycles. The summed E-state index contributed by atoms with van der Waals surface area (Å²) in [5, 5.41) is 34.4. The zero-order valence-corrected chi connectivity index (χ0v) is 21.6. The van der Waals surface area contributed by atoms with Gasteiger partial charge in [-0.2, -0.15) is 0 Å². The lowest BCUT2D eigenvalue weighted by molar-refractivity contribution is -0.368. The molecular formula is C28H38O8. The maximum Gasteiger partial charge on any atom is 0.311 e. The summed E-state index contributed by atoms with van der Waals surface area (Å²) in [6.45, 7) is 9.47. The van der Waals surface area contributed by atoms with Crippen LogP contribution in [0.2, 0.25) is 0 Å². The van der Waals surface area contributed by atoms with Crippen molar-refractivity contribution in [3.8, 4) is 0 Å². The lowest BCUT2D eigenvalue weighted by Gasteiger charge is -2.60. The Kier molecular flexibility index (Phi) is 4.38. The first-order valence-electron chi connectivity index (χ1n) is 13.7. The number of carbonyl (C=O) groups excluding carboxylic acids is 2. The van der Waals surface area contributed by atoms with Crippen molar-refractivity contribution < 1.29 is 39.1 Å². The van der Waals surface area contributed by atoms with Crippen LogP contribution in [0.1, 0.15) is 60.3 Å². The van der Waals surface area contributed by atoms with Gasteiger partial charge in [0.2, 0.25) is 5.79 Å². The lowest BCUT2D eigenvalue weighted by Crippen LogP contribution is -2.71. The number of rotatable bonds is 0. The van der Waals surface area contributed by atoms with E-state index in [2.05, 4.69) is 6.92 Å². The summed E-state index contributed by atoms with van der Waals surface area (Å²) in [5.74, 6) is -2.78. The number of carbonyl (C=O) groups is 2. The maximum atomic E-state index is 13.4. The number of fused-ring (bicyclic) bond motifs is 6. The number of aliphatic hydroxyl groups excluding tert-OH is 2. The molecule has 3 heterocycles. The molecular weight excluding hydrogens is 464 g/mol. The standard InChI is InChI=1S/C28H38O8/c1-12-13(2)28(36-22(12)31)23(32)26(5,33)21-17(34-28)11-16-14-10-20-27(35-20)19(30)7-6-18(29)25(27,4)15(14)8-9-24(16,21)3/h6-7,12-17,19-21,23,30,32-33H,8-11H2,1-5H3/t12-,13?,14-,15+,16+,17?,19+,20-,21?,23+,24+,25+,26?,27-,28?/m1/s1. The van der Waals surface area contributed by atoms with Crippen molar-refractivity contribution in [2.24, 2.45) is 46.3 Å². The highest BCUT2D eigenvalue weighted by Gasteiger charge is 2.82. The van der Waals surface area contributed by atoms with Crippen LogP contribution in [0.3, 0.4) is 0 Å². The van der Waals surface area contributed by atoms with Crippen molar-refractivity contribution in [1.82, 2.24) is 0 Å². The minimum atomic E-state index is -1.56. The third-order valence-corrected chi connectivity index (χ3v) is 12.5. The van der Waals surface area contributed by atoms with Gasteiger partial charge in [0, 0.05) is 11.8 Å². The van der Waals surface area contributed by atoms with Crippen LogP contribution in [0.5, 0.6) is 0 Å². The molecule has 3 N–H and O–H groups in total. The second-order valence-corrected chi connectivity index (χ2v) is 13.6. The average Bonchev–Trinajstić information content (AvgIpc) is 3.42. The Morgan fingerprint density at radius 2 is 1.75 bits per heavy atom. The van der Waals surface area contributed by atoms with Gasteiger partial charge in [-0.25, -0.2) is 0 Å². The Hall–Kier alpha value is -1.32. The van der Waals surface area contributed by atoms with Crippen LogP contribution >= 0.6 is 0 Å². The van der Waals surface area contributed by atoms with E-state index in [1.54, 1.807) is 19.9 Å². The van der Waals surface area contributed by atoms with Crippen LogP contribution in [-0.2, 0) is 23.8 Å². The summed E-state index contributed by atoms with van der Waals surface area (Å²) in [5.41, 5.74) is -3.47. The highest BCUT2D eigenvalue weighted by atomic mass is 16.7. The van der Waals surface area contributed by atoms with Gasteiger partial charge in [-0.15, -0.1) is 0 Å². The Morgan fingerprint density at radius 1 is 1.03 bits per heavy atom. The average molecular weight is 503 g/mol. The first kappa shape index (κ1) is 23.8. The Balaban J connectivity index is 1.28. The number of epoxide rings is 1. The minimum Gasteiger partial charge on any atom is -0.429 e. The molecule has 0 aromatic rings. The Labute approximate surface area is 211 Å². The molecule has 0 aromatic carbocycles. The number of ketones is 1. The van der Waals surface area contributed by atoms with E-state index in [0.717, 1.165) is 19.3 Å². The summed E-state index contributed by atoms with van der Waals surface area (Å²) < 4.78 is 18.5. The molecule has 198 valence electrons. The van der Waals surface area contributed by atoms with Crippen LogP contribution in [-0.4, -0.2) is 68.5 Å². The van der Waals surface area contributed by atoms with Gasteiger partial charge < -0.3 is 29.5 Å². The van der Waals surface area contributed by atoms with E-state index in [9.17, 15) is 24.9 Å². The van der Waals surface area contributed by atoms with E-state index in [4.69, 9.17) is 14.2 Å². The molecule has 6 fully saturated rings. The normalized spacial score (nSPS) is 64.8. The van der Waals surface area contributed by atoms with Crippen LogP contribution < -0.4 is 0 Å². The van der Waals surface area contributed by atoms with Gasteiger partial charge in [0.25, 0.3) is 0 Å². The minimum absolute atomic E-state index is 0.0299. The third kappa shape index (κ3) is 2.29. The van der Waals surface area contributed by atoms with Gasteiger partial charge in [-0.3, -0.25) is 9.59 Å². The van der Waals surface area contributed by atoms with E-state index < -0.39 is 52.4 Å². The molecule has 3 aliphatic heterocycles. The number of hydrogen-bond acceptors (Lipinski definition) is 8. The molecule has 7 aliphatic rings. The molecule has 0 aromatic heterocycles. The SMILES string of the molecule is CC1[C@@H](C)C(=O)OC12OC1C[C@H]3[C@@H]4C[C@H]5O[C@]56[C@@H](O)C=CC(=O)[C@]6(C)[C@H]4CC[C@]3(C)C1C(C)(O)[C@@H]2O. The zero-order valence-electron chi connectivity index (χ0n) is 21.6. The van der Waals surface area contributed by atoms with Crippen molar-refractivity contribution in [3.05, 3.63) is 12.2 Å². The summed E-state index contributed by atoms with van der Waals surface area (Å²) >= 11 is 0. The molecule has 7 rings (SSSR count). The molecule has 36 heavy (non-hydrogen) atoms. The number of allylic oxidation sites excluding steroid dienone is 1. The summed E-state index contributed by atoms with van der Waals surface area (Å²) in [7, 11) is 0. The molecule has 8 nitrogen and oxygen atoms in total. The highest BCUT2D eigenvalue weighted by molar-refractivity contribution is 5.98. The molecule has 0 amide bonds. The fraction of sp³-hybridized carbons (Fsp3) is 0.857. The van der Waals surface area contributed by atoms with Crippen molar-refractivity contribution >= 4 is 11.8 Å². The summed E-state index contributed by atoms with van der Waals surface area (Å²) in [6.07, 6.45) is 3.37. The summed E-state index contributed by atoms with van der Waals surface area (Å²) in [6, 6.07) is 0. The number of esters is 1. The maximum absolute atomic E-state index is 13.4. The van der Waals surface area contributed by atoms with Gasteiger partial charge in [0.05, 0.1) is 23.5 Å². The van der Waals surface area contributed by atoms with E-state index in [-0.39, 0.29) is 47.1 Å². The second kappa shape index (κ2) is 6.63. The second-order valence-electron chi connectivity index (χ2n) is 13.6. The topological polar surface area (TPSA) is 126 Å². The fourth-order valence-electron chi connectivity index (χ4n) is 10.5. The molecule has 5 unspecified atom stereocenters. The third-order valence-electron chi connectivity index (χ3n) is 12.5. The first-order chi connectivity index (χ1) is 16.8. The van der Waals surface area contributed by atoms with Crippen molar-refractivity contribution in [3.63, 3.8) is 0 Å². The fourth-order valence-corrected chi connectivity index (χ4v) is 10.5. The molecule has 3 saturated carbocycles. The predicted molar refractivity (Wildman–Crippen MR) is 125 cm³/mol. The van der Waals surface area contributed by atoms with Crippen LogP contribution in [0, 0.1) is 46.3 Å². The van der Waals surface area contributed by atoms with Crippen molar-refractivity contribution in [2.45, 2.75) is 102 Å². The van der Waals surface area contributed by atoms with Gasteiger partial charge >= 0.3 is 5.97 Å². The largest absolute Gasteiger partial charge is 0.429 e. The van der Waals surface area contributed by atoms with Crippen LogP contribution in [0.15, 0.2) is 12.2 Å². The zero-order chi connectivity index (χ0) is 25.8. The molecule has 8 heteroatoms. The van der Waals surface area contributed by atoms with E-state index in [0.29, 0.717) is 6.42 Å². The number of ether oxygens (including phenoxy) is 3. The molecule has 0 radical (unpaired) electrons. The van der Waals surface area contributed by atoms with Gasteiger partial charge in [-0.05, 0) is 74.9 Å². The lowest BCUT2D eigenvalue weighted by atomic mass is 9.44. The number of hydrogen-bond donors (Lipinski definition) is 3. The smallest absolute Gasteiger partial charge is 0.311 e. The molecule has 2 spiro atoms. The molecule has 15 atom stereocenters. The van der Waals surface area contributed by atoms with Gasteiger partial charge in [0.1, 0.15) is 23.4 Å². The Morgan fingerprint density at radius 3 is 2.42 bits per heavy atom. The van der Waals surface area contributed by atoms with Gasteiger partial charge in [0.15, 0.2) is 5.78 Å². The van der Waals surface area contributed by atoms with Crippen LogP contribution in [0.25, 0.3) is 0 Å². The first-order valence-corrected chi connectivity index (χ1v) is 13.7. The quantitative estimate of drug-likeness (QED) is 0.338. The van der Waals surface area contributed by atoms with Gasteiger partial charge in [-0.1, -0.05) is 20.8 Å². The predicted octanol–water partition coefficient (Wildman–Crippen LogP) is 1.74. The van der Waals surface area contributed by atoms with Crippen molar-refractivity contribution in [2.75, 3.05) is 0 Å². The highest BCUT2D eigenvalue weighted by Crippen LogP contribution is 2.74.